The lowest BCUT2D eigenvalue weighted by Gasteiger charge is -2.18. The molecule has 1 atom stereocenters. The zero-order valence-electron chi connectivity index (χ0n) is 42.4. The maximum atomic E-state index is 12.8. The van der Waals surface area contributed by atoms with E-state index in [1.165, 1.54) is 77.0 Å². The highest BCUT2D eigenvalue weighted by molar-refractivity contribution is 5.71. The molecule has 6 heteroatoms. The lowest BCUT2D eigenvalue weighted by atomic mass is 10.1. The molecule has 0 aromatic heterocycles. The van der Waals surface area contributed by atoms with Crippen LogP contribution in [0.2, 0.25) is 0 Å². The summed E-state index contributed by atoms with van der Waals surface area (Å²) >= 11 is 0. The zero-order chi connectivity index (χ0) is 47.9. The van der Waals surface area contributed by atoms with E-state index >= 15 is 0 Å². The van der Waals surface area contributed by atoms with Gasteiger partial charge in [-0.3, -0.25) is 14.4 Å². The molecule has 0 aliphatic rings. The van der Waals surface area contributed by atoms with E-state index in [2.05, 4.69) is 142 Å². The Labute approximate surface area is 405 Å². The van der Waals surface area contributed by atoms with E-state index in [-0.39, 0.29) is 37.5 Å². The summed E-state index contributed by atoms with van der Waals surface area (Å²) in [6.07, 6.45) is 73.4. The van der Waals surface area contributed by atoms with Crippen molar-refractivity contribution in [2.75, 3.05) is 13.2 Å². The van der Waals surface area contributed by atoms with Crippen LogP contribution in [0.4, 0.5) is 0 Å². The first-order valence-corrected chi connectivity index (χ1v) is 26.6. The van der Waals surface area contributed by atoms with Crippen molar-refractivity contribution in [1.82, 2.24) is 0 Å². The van der Waals surface area contributed by atoms with Gasteiger partial charge in [-0.25, -0.2) is 0 Å². The van der Waals surface area contributed by atoms with Crippen LogP contribution in [0.5, 0.6) is 0 Å². The summed E-state index contributed by atoms with van der Waals surface area (Å²) in [5, 5.41) is 0. The molecular formula is C60H96O6. The van der Waals surface area contributed by atoms with Crippen LogP contribution in [0.25, 0.3) is 0 Å². The first-order chi connectivity index (χ1) is 32.5. The molecule has 0 saturated carbocycles. The Balaban J connectivity index is 4.50. The Hall–Kier alpha value is -4.19. The molecule has 0 heterocycles. The summed E-state index contributed by atoms with van der Waals surface area (Å²) in [4.78, 5) is 38.0. The maximum Gasteiger partial charge on any atom is 0.306 e. The number of rotatable bonds is 46. The number of unbranched alkanes of at least 4 members (excludes halogenated alkanes) is 16. The van der Waals surface area contributed by atoms with Gasteiger partial charge in [0.05, 0.1) is 0 Å². The van der Waals surface area contributed by atoms with Crippen molar-refractivity contribution in [3.63, 3.8) is 0 Å². The van der Waals surface area contributed by atoms with E-state index in [4.69, 9.17) is 14.2 Å². The van der Waals surface area contributed by atoms with Gasteiger partial charge in [0, 0.05) is 19.3 Å². The summed E-state index contributed by atoms with van der Waals surface area (Å²) < 4.78 is 16.7. The highest BCUT2D eigenvalue weighted by atomic mass is 16.6. The predicted octanol–water partition coefficient (Wildman–Crippen LogP) is 17.7. The Morgan fingerprint density at radius 2 is 0.652 bits per heavy atom. The first kappa shape index (κ1) is 61.8. The highest BCUT2D eigenvalue weighted by Crippen LogP contribution is 2.14. The third kappa shape index (κ3) is 50.8. The molecule has 0 N–H and O–H groups in total. The minimum atomic E-state index is -0.828. The van der Waals surface area contributed by atoms with Crippen LogP contribution >= 0.6 is 0 Å². The number of carbonyl (C=O) groups is 3. The van der Waals surface area contributed by atoms with E-state index < -0.39 is 6.10 Å². The fraction of sp³-hybridized carbons (Fsp3) is 0.617. The van der Waals surface area contributed by atoms with Crippen LogP contribution in [0.1, 0.15) is 220 Å². The molecule has 0 amide bonds. The molecular weight excluding hydrogens is 817 g/mol. The topological polar surface area (TPSA) is 78.9 Å². The van der Waals surface area contributed by atoms with E-state index in [0.29, 0.717) is 25.7 Å². The van der Waals surface area contributed by atoms with E-state index in [9.17, 15) is 14.4 Å². The van der Waals surface area contributed by atoms with E-state index in [1.54, 1.807) is 0 Å². The van der Waals surface area contributed by atoms with Gasteiger partial charge in [-0.1, -0.05) is 206 Å². The molecule has 66 heavy (non-hydrogen) atoms. The second kappa shape index (κ2) is 53.4. The first-order valence-electron chi connectivity index (χ1n) is 26.6. The Kier molecular flexibility index (Phi) is 50.0. The quantitative estimate of drug-likeness (QED) is 0.0199. The van der Waals surface area contributed by atoms with Crippen LogP contribution in [-0.2, 0) is 28.6 Å². The lowest BCUT2D eigenvalue weighted by molar-refractivity contribution is -0.167. The number of esters is 3. The molecule has 372 valence electrons. The fourth-order valence-electron chi connectivity index (χ4n) is 6.78. The van der Waals surface area contributed by atoms with Gasteiger partial charge in [-0.15, -0.1) is 0 Å². The molecule has 1 unspecified atom stereocenters. The summed E-state index contributed by atoms with van der Waals surface area (Å²) in [6.45, 7) is 6.28. The van der Waals surface area contributed by atoms with Crippen molar-refractivity contribution in [1.29, 1.82) is 0 Å². The van der Waals surface area contributed by atoms with Crippen molar-refractivity contribution in [3.05, 3.63) is 122 Å². The molecule has 0 saturated heterocycles. The smallest absolute Gasteiger partial charge is 0.306 e. The van der Waals surface area contributed by atoms with E-state index in [1.807, 2.05) is 0 Å². The van der Waals surface area contributed by atoms with Gasteiger partial charge < -0.3 is 14.2 Å². The highest BCUT2D eigenvalue weighted by Gasteiger charge is 2.19. The van der Waals surface area contributed by atoms with Crippen molar-refractivity contribution in [2.45, 2.75) is 226 Å². The van der Waals surface area contributed by atoms with Gasteiger partial charge in [0.25, 0.3) is 0 Å². The van der Waals surface area contributed by atoms with Gasteiger partial charge >= 0.3 is 17.9 Å². The summed E-state index contributed by atoms with van der Waals surface area (Å²) in [5.74, 6) is -1.03. The average Bonchev–Trinajstić information content (AvgIpc) is 3.31. The van der Waals surface area contributed by atoms with Crippen molar-refractivity contribution in [3.8, 4) is 0 Å². The number of hydrogen-bond donors (Lipinski definition) is 0. The van der Waals surface area contributed by atoms with Crippen LogP contribution < -0.4 is 0 Å². The molecule has 0 rings (SSSR count). The number of ether oxygens (including phenoxy) is 3. The van der Waals surface area contributed by atoms with Gasteiger partial charge in [-0.2, -0.15) is 0 Å². The second-order valence-corrected chi connectivity index (χ2v) is 17.0. The summed E-state index contributed by atoms with van der Waals surface area (Å²) in [6, 6.07) is 0. The molecule has 0 bridgehead atoms. The van der Waals surface area contributed by atoms with Gasteiger partial charge in [0.2, 0.25) is 0 Å². The molecule has 0 aromatic rings. The third-order valence-electron chi connectivity index (χ3n) is 10.7. The van der Waals surface area contributed by atoms with Crippen LogP contribution in [0.3, 0.4) is 0 Å². The summed E-state index contributed by atoms with van der Waals surface area (Å²) in [7, 11) is 0. The predicted molar refractivity (Wildman–Crippen MR) is 283 cm³/mol. The standard InChI is InChI=1S/C60H96O6/c1-4-7-10-13-16-19-22-25-27-29-30-32-33-35-38-41-44-47-50-53-59(62)65-56-57(55-64-58(61)52-49-46-43-40-37-24-21-18-15-12-9-6-3)66-60(63)54-51-48-45-42-39-36-34-31-28-26-23-20-17-14-11-8-5-2/h8-9,11-12,16-22,25-26,28,34,36-37,40,42,45,57H,4-7,10,13-15,23-24,27,29-33,35,38-39,41,43-44,46-56H2,1-3H3/b11-8-,12-9-,19-16-,20-17-,21-18-,25-22-,28-26-,36-34-,40-37-,45-42-. The van der Waals surface area contributed by atoms with Crippen LogP contribution in [0.15, 0.2) is 122 Å². The Bertz CT molecular complexity index is 1420. The third-order valence-corrected chi connectivity index (χ3v) is 10.7. The van der Waals surface area contributed by atoms with Gasteiger partial charge in [0.1, 0.15) is 13.2 Å². The van der Waals surface area contributed by atoms with Crippen LogP contribution in [0, 0.1) is 0 Å². The molecule has 0 fully saturated rings. The lowest BCUT2D eigenvalue weighted by Crippen LogP contribution is -2.30. The number of hydrogen-bond acceptors (Lipinski definition) is 6. The normalized spacial score (nSPS) is 13.1. The van der Waals surface area contributed by atoms with Crippen molar-refractivity contribution < 1.29 is 28.6 Å². The molecule has 0 aromatic carbocycles. The minimum absolute atomic E-state index is 0.118. The number of allylic oxidation sites excluding steroid dienone is 20. The Morgan fingerprint density at radius 1 is 0.333 bits per heavy atom. The molecule has 0 aliphatic heterocycles. The van der Waals surface area contributed by atoms with Crippen molar-refractivity contribution >= 4 is 17.9 Å². The molecule has 0 radical (unpaired) electrons. The fourth-order valence-corrected chi connectivity index (χ4v) is 6.78. The molecule has 0 spiro atoms. The van der Waals surface area contributed by atoms with Gasteiger partial charge in [-0.05, 0) is 116 Å². The summed E-state index contributed by atoms with van der Waals surface area (Å²) in [5.41, 5.74) is 0. The van der Waals surface area contributed by atoms with Crippen LogP contribution in [-0.4, -0.2) is 37.2 Å². The Morgan fingerprint density at radius 3 is 1.09 bits per heavy atom. The molecule has 0 aliphatic carbocycles. The molecule has 6 nitrogen and oxygen atoms in total. The number of carbonyl (C=O) groups excluding carboxylic acids is 3. The largest absolute Gasteiger partial charge is 0.462 e. The zero-order valence-corrected chi connectivity index (χ0v) is 42.4. The monoisotopic (exact) mass is 913 g/mol. The average molecular weight is 913 g/mol. The van der Waals surface area contributed by atoms with E-state index in [0.717, 1.165) is 89.9 Å². The minimum Gasteiger partial charge on any atom is -0.462 e. The SMILES string of the molecule is CC/C=C\C/C=C\C/C=C\C/C=C\C/C=C\CCCC(=O)OC(COC(=O)CCCC/C=C\C/C=C\C/C=C\CC)COC(=O)CCCCCCCCCCCC/C=C\C=C/CCCCC. The second-order valence-electron chi connectivity index (χ2n) is 17.0. The van der Waals surface area contributed by atoms with Gasteiger partial charge in [0.15, 0.2) is 6.10 Å². The maximum absolute atomic E-state index is 12.8. The van der Waals surface area contributed by atoms with Crippen molar-refractivity contribution in [2.24, 2.45) is 0 Å².